The van der Waals surface area contributed by atoms with Gasteiger partial charge in [-0.05, 0) is 35.4 Å². The summed E-state index contributed by atoms with van der Waals surface area (Å²) in [5.41, 5.74) is 4.58. The van der Waals surface area contributed by atoms with E-state index in [0.29, 0.717) is 5.92 Å². The van der Waals surface area contributed by atoms with Crippen LogP contribution in [0.4, 0.5) is 0 Å². The number of rotatable bonds is 2. The highest BCUT2D eigenvalue weighted by atomic mass is 14.3. The Balaban J connectivity index is 0.000000704. The van der Waals surface area contributed by atoms with Crippen molar-refractivity contribution >= 4 is 0 Å². The number of hydrogen-bond acceptors (Lipinski definition) is 0. The maximum Gasteiger partial charge on any atom is 0.00948 e. The summed E-state index contributed by atoms with van der Waals surface area (Å²) < 4.78 is 0. The van der Waals surface area contributed by atoms with Gasteiger partial charge in [0.1, 0.15) is 0 Å². The number of benzene rings is 2. The van der Waals surface area contributed by atoms with Crippen LogP contribution < -0.4 is 0 Å². The fraction of sp³-hybridized carbons (Fsp3) is 0.400. The Morgan fingerprint density at radius 1 is 0.900 bits per heavy atom. The highest BCUT2D eigenvalue weighted by Gasteiger charge is 2.26. The summed E-state index contributed by atoms with van der Waals surface area (Å²) in [6.45, 7) is 6.32. The zero-order valence-corrected chi connectivity index (χ0v) is 13.0. The van der Waals surface area contributed by atoms with E-state index in [0.717, 1.165) is 5.92 Å². The fourth-order valence-electron chi connectivity index (χ4n) is 3.23. The first-order valence-electron chi connectivity index (χ1n) is 8.01. The quantitative estimate of drug-likeness (QED) is 0.642. The SMILES string of the molecule is CC.CCC1Cc2ccccc2C(c2ccccc2)C1. The molecule has 2 aromatic rings. The monoisotopic (exact) mass is 266 g/mol. The average Bonchev–Trinajstić information content (AvgIpc) is 2.56. The van der Waals surface area contributed by atoms with E-state index in [9.17, 15) is 0 Å². The van der Waals surface area contributed by atoms with E-state index < -0.39 is 0 Å². The van der Waals surface area contributed by atoms with Crippen molar-refractivity contribution in [2.45, 2.75) is 46.0 Å². The lowest BCUT2D eigenvalue weighted by atomic mass is 9.73. The maximum absolute atomic E-state index is 2.32. The van der Waals surface area contributed by atoms with Crippen molar-refractivity contribution in [2.24, 2.45) is 5.92 Å². The molecule has 0 amide bonds. The summed E-state index contributed by atoms with van der Waals surface area (Å²) in [6, 6.07) is 20.0. The summed E-state index contributed by atoms with van der Waals surface area (Å²) in [4.78, 5) is 0. The predicted octanol–water partition coefficient (Wildman–Crippen LogP) is 5.82. The molecule has 3 rings (SSSR count). The predicted molar refractivity (Wildman–Crippen MR) is 88.2 cm³/mol. The van der Waals surface area contributed by atoms with Gasteiger partial charge in [0.25, 0.3) is 0 Å². The van der Waals surface area contributed by atoms with E-state index in [2.05, 4.69) is 61.5 Å². The topological polar surface area (TPSA) is 0 Å². The van der Waals surface area contributed by atoms with E-state index in [-0.39, 0.29) is 0 Å². The molecule has 0 aliphatic heterocycles. The van der Waals surface area contributed by atoms with Gasteiger partial charge in [0.2, 0.25) is 0 Å². The van der Waals surface area contributed by atoms with Crippen LogP contribution in [0.25, 0.3) is 0 Å². The van der Waals surface area contributed by atoms with Gasteiger partial charge < -0.3 is 0 Å². The molecule has 0 aromatic heterocycles. The highest BCUT2D eigenvalue weighted by molar-refractivity contribution is 5.40. The van der Waals surface area contributed by atoms with Gasteiger partial charge in [0, 0.05) is 5.92 Å². The van der Waals surface area contributed by atoms with Crippen molar-refractivity contribution in [3.63, 3.8) is 0 Å². The Kier molecular flexibility index (Phi) is 5.40. The van der Waals surface area contributed by atoms with E-state index in [1.54, 1.807) is 11.1 Å². The lowest BCUT2D eigenvalue weighted by molar-refractivity contribution is 0.416. The minimum atomic E-state index is 0.598. The molecule has 0 bridgehead atoms. The van der Waals surface area contributed by atoms with Crippen LogP contribution in [0.3, 0.4) is 0 Å². The van der Waals surface area contributed by atoms with Crippen LogP contribution in [0.15, 0.2) is 54.6 Å². The molecule has 20 heavy (non-hydrogen) atoms. The van der Waals surface area contributed by atoms with Gasteiger partial charge >= 0.3 is 0 Å². The van der Waals surface area contributed by atoms with Crippen LogP contribution in [0, 0.1) is 5.92 Å². The van der Waals surface area contributed by atoms with Crippen LogP contribution in [0.2, 0.25) is 0 Å². The summed E-state index contributed by atoms with van der Waals surface area (Å²) in [6.07, 6.45) is 3.85. The first-order valence-corrected chi connectivity index (χ1v) is 8.01. The molecule has 0 saturated heterocycles. The first kappa shape index (κ1) is 14.8. The second kappa shape index (κ2) is 7.28. The minimum Gasteiger partial charge on any atom is -0.0683 e. The second-order valence-corrected chi connectivity index (χ2v) is 5.38. The third kappa shape index (κ3) is 3.12. The second-order valence-electron chi connectivity index (χ2n) is 5.38. The average molecular weight is 266 g/mol. The molecule has 1 aliphatic carbocycles. The van der Waals surface area contributed by atoms with Crippen molar-refractivity contribution in [1.82, 2.24) is 0 Å². The molecule has 0 saturated carbocycles. The first-order chi connectivity index (χ1) is 9.88. The standard InChI is InChI=1S/C18H20.C2H6/c1-2-14-12-16-10-6-7-11-17(16)18(13-14)15-8-4-3-5-9-15;1-2/h3-11,14,18H,2,12-13H2,1H3;1-2H3. The highest BCUT2D eigenvalue weighted by Crippen LogP contribution is 2.40. The molecule has 2 unspecified atom stereocenters. The molecule has 0 nitrogen and oxygen atoms in total. The van der Waals surface area contributed by atoms with Gasteiger partial charge in [-0.1, -0.05) is 81.8 Å². The molecule has 0 radical (unpaired) electrons. The third-order valence-electron chi connectivity index (χ3n) is 4.29. The number of fused-ring (bicyclic) bond motifs is 1. The molecule has 0 fully saturated rings. The Morgan fingerprint density at radius 2 is 1.55 bits per heavy atom. The van der Waals surface area contributed by atoms with E-state index in [4.69, 9.17) is 0 Å². The molecule has 0 heterocycles. The van der Waals surface area contributed by atoms with Gasteiger partial charge in [-0.2, -0.15) is 0 Å². The Labute approximate surface area is 123 Å². The lowest BCUT2D eigenvalue weighted by Gasteiger charge is -2.31. The van der Waals surface area contributed by atoms with E-state index >= 15 is 0 Å². The van der Waals surface area contributed by atoms with Crippen LogP contribution >= 0.6 is 0 Å². The van der Waals surface area contributed by atoms with Gasteiger partial charge in [-0.15, -0.1) is 0 Å². The van der Waals surface area contributed by atoms with E-state index in [1.807, 2.05) is 13.8 Å². The summed E-state index contributed by atoms with van der Waals surface area (Å²) >= 11 is 0. The molecule has 0 spiro atoms. The maximum atomic E-state index is 2.32. The third-order valence-corrected chi connectivity index (χ3v) is 4.29. The van der Waals surface area contributed by atoms with Crippen molar-refractivity contribution < 1.29 is 0 Å². The zero-order chi connectivity index (χ0) is 14.4. The van der Waals surface area contributed by atoms with Gasteiger partial charge in [-0.25, -0.2) is 0 Å². The number of hydrogen-bond donors (Lipinski definition) is 0. The Hall–Kier alpha value is -1.56. The Morgan fingerprint density at radius 3 is 2.25 bits per heavy atom. The van der Waals surface area contributed by atoms with Crippen LogP contribution in [0.1, 0.15) is 56.2 Å². The smallest absolute Gasteiger partial charge is 0.00948 e. The Bertz CT molecular complexity index is 513. The van der Waals surface area contributed by atoms with Crippen LogP contribution in [-0.4, -0.2) is 0 Å². The fourth-order valence-corrected chi connectivity index (χ4v) is 3.23. The van der Waals surface area contributed by atoms with Crippen LogP contribution in [-0.2, 0) is 6.42 Å². The molecule has 2 aromatic carbocycles. The molecule has 0 heteroatoms. The summed E-state index contributed by atoms with van der Waals surface area (Å²) in [5, 5.41) is 0. The largest absolute Gasteiger partial charge is 0.0683 e. The van der Waals surface area contributed by atoms with Crippen molar-refractivity contribution in [3.05, 3.63) is 71.3 Å². The van der Waals surface area contributed by atoms with Crippen LogP contribution in [0.5, 0.6) is 0 Å². The molecular weight excluding hydrogens is 240 g/mol. The van der Waals surface area contributed by atoms with Crippen molar-refractivity contribution in [2.75, 3.05) is 0 Å². The zero-order valence-electron chi connectivity index (χ0n) is 13.0. The molecular formula is C20H26. The molecule has 1 aliphatic rings. The summed E-state index contributed by atoms with van der Waals surface area (Å²) in [5.74, 6) is 1.44. The molecule has 0 N–H and O–H groups in total. The molecule has 106 valence electrons. The summed E-state index contributed by atoms with van der Waals surface area (Å²) in [7, 11) is 0. The van der Waals surface area contributed by atoms with E-state index in [1.165, 1.54) is 24.8 Å². The van der Waals surface area contributed by atoms with Crippen molar-refractivity contribution in [1.29, 1.82) is 0 Å². The van der Waals surface area contributed by atoms with Gasteiger partial charge in [0.15, 0.2) is 0 Å². The van der Waals surface area contributed by atoms with Gasteiger partial charge in [0.05, 0.1) is 0 Å². The normalized spacial score (nSPS) is 20.6. The lowest BCUT2D eigenvalue weighted by Crippen LogP contribution is -2.19. The van der Waals surface area contributed by atoms with Crippen molar-refractivity contribution in [3.8, 4) is 0 Å². The molecule has 2 atom stereocenters. The van der Waals surface area contributed by atoms with Gasteiger partial charge in [-0.3, -0.25) is 0 Å². The minimum absolute atomic E-state index is 0.598.